The molecule has 0 bridgehead atoms. The van der Waals surface area contributed by atoms with Crippen LogP contribution < -0.4 is 0 Å². The van der Waals surface area contributed by atoms with Crippen LogP contribution in [0.5, 0.6) is 0 Å². The first-order chi connectivity index (χ1) is 12.1. The SMILES string of the molecule is CCOC(=O)C1CCC(C(=O)OCC)N1C(=O)OCc1ccccc1. The predicted octanol–water partition coefficient (Wildman–Crippen LogP) is 2.28. The zero-order valence-electron chi connectivity index (χ0n) is 14.5. The molecule has 1 aliphatic heterocycles. The molecule has 0 aliphatic carbocycles. The third kappa shape index (κ3) is 4.71. The minimum Gasteiger partial charge on any atom is -0.464 e. The van der Waals surface area contributed by atoms with E-state index in [1.807, 2.05) is 30.3 Å². The van der Waals surface area contributed by atoms with E-state index in [0.29, 0.717) is 12.8 Å². The summed E-state index contributed by atoms with van der Waals surface area (Å²) in [5, 5.41) is 0. The van der Waals surface area contributed by atoms with Crippen molar-refractivity contribution in [2.45, 2.75) is 45.4 Å². The van der Waals surface area contributed by atoms with Gasteiger partial charge in [-0.2, -0.15) is 0 Å². The van der Waals surface area contributed by atoms with Gasteiger partial charge in [-0.15, -0.1) is 0 Å². The Morgan fingerprint density at radius 2 is 1.44 bits per heavy atom. The monoisotopic (exact) mass is 349 g/mol. The van der Waals surface area contributed by atoms with Crippen LogP contribution in [-0.4, -0.2) is 48.2 Å². The third-order valence-corrected chi connectivity index (χ3v) is 3.92. The Labute approximate surface area is 146 Å². The second-order valence-corrected chi connectivity index (χ2v) is 5.56. The van der Waals surface area contributed by atoms with Crippen LogP contribution in [-0.2, 0) is 30.4 Å². The second kappa shape index (κ2) is 9.05. The molecule has 1 aliphatic rings. The van der Waals surface area contributed by atoms with Gasteiger partial charge in [-0.25, -0.2) is 14.4 Å². The molecule has 1 aromatic rings. The van der Waals surface area contributed by atoms with E-state index in [0.717, 1.165) is 10.5 Å². The molecule has 1 aromatic carbocycles. The van der Waals surface area contributed by atoms with E-state index in [4.69, 9.17) is 14.2 Å². The van der Waals surface area contributed by atoms with Gasteiger partial charge in [0.05, 0.1) is 13.2 Å². The number of esters is 2. The van der Waals surface area contributed by atoms with Gasteiger partial charge in [-0.1, -0.05) is 30.3 Å². The number of likely N-dealkylation sites (tertiary alicyclic amines) is 1. The lowest BCUT2D eigenvalue weighted by Gasteiger charge is -2.27. The number of hydrogen-bond donors (Lipinski definition) is 0. The van der Waals surface area contributed by atoms with E-state index in [9.17, 15) is 14.4 Å². The van der Waals surface area contributed by atoms with E-state index in [1.54, 1.807) is 13.8 Å². The molecule has 0 N–H and O–H groups in total. The Morgan fingerprint density at radius 1 is 0.920 bits per heavy atom. The summed E-state index contributed by atoms with van der Waals surface area (Å²) in [6.45, 7) is 3.83. The summed E-state index contributed by atoms with van der Waals surface area (Å²) in [5.74, 6) is -1.07. The Bertz CT molecular complexity index is 577. The van der Waals surface area contributed by atoms with Crippen LogP contribution in [0.3, 0.4) is 0 Å². The maximum absolute atomic E-state index is 12.5. The molecule has 0 aromatic heterocycles. The molecule has 0 radical (unpaired) electrons. The quantitative estimate of drug-likeness (QED) is 0.579. The molecular formula is C18H23NO6. The minimum absolute atomic E-state index is 0.0568. The van der Waals surface area contributed by atoms with Crippen molar-refractivity contribution in [1.82, 2.24) is 4.90 Å². The van der Waals surface area contributed by atoms with Gasteiger partial charge in [0, 0.05) is 0 Å². The molecule has 0 spiro atoms. The normalized spacial score (nSPS) is 19.4. The smallest absolute Gasteiger partial charge is 0.411 e. The van der Waals surface area contributed by atoms with Crippen LogP contribution in [0.2, 0.25) is 0 Å². The summed E-state index contributed by atoms with van der Waals surface area (Å²) < 4.78 is 15.3. The highest BCUT2D eigenvalue weighted by molar-refractivity contribution is 5.88. The lowest BCUT2D eigenvalue weighted by Crippen LogP contribution is -2.49. The summed E-state index contributed by atoms with van der Waals surface area (Å²) in [6.07, 6.45) is -0.0524. The molecule has 2 unspecified atom stereocenters. The molecule has 7 heteroatoms. The number of amides is 1. The van der Waals surface area contributed by atoms with E-state index in [-0.39, 0.29) is 19.8 Å². The van der Waals surface area contributed by atoms with Gasteiger partial charge in [-0.3, -0.25) is 4.90 Å². The summed E-state index contributed by atoms with van der Waals surface area (Å²) in [7, 11) is 0. The van der Waals surface area contributed by atoms with Gasteiger partial charge in [0.15, 0.2) is 0 Å². The topological polar surface area (TPSA) is 82.1 Å². The lowest BCUT2D eigenvalue weighted by molar-refractivity contribution is -0.152. The standard InChI is InChI=1S/C18H23NO6/c1-3-23-16(20)14-10-11-15(17(21)24-4-2)19(14)18(22)25-12-13-8-6-5-7-9-13/h5-9,14-15H,3-4,10-12H2,1-2H3. The summed E-state index contributed by atoms with van der Waals surface area (Å²) in [6, 6.07) is 7.50. The van der Waals surface area contributed by atoms with Crippen molar-refractivity contribution in [3.8, 4) is 0 Å². The van der Waals surface area contributed by atoms with Gasteiger partial charge in [0.25, 0.3) is 0 Å². The maximum Gasteiger partial charge on any atom is 0.411 e. The molecule has 2 atom stereocenters. The van der Waals surface area contributed by atoms with Gasteiger partial charge in [-0.05, 0) is 32.3 Å². The van der Waals surface area contributed by atoms with Crippen LogP contribution >= 0.6 is 0 Å². The molecule has 1 heterocycles. The van der Waals surface area contributed by atoms with Crippen LogP contribution in [0.15, 0.2) is 30.3 Å². The van der Waals surface area contributed by atoms with Gasteiger partial charge in [0.1, 0.15) is 18.7 Å². The second-order valence-electron chi connectivity index (χ2n) is 5.56. The van der Waals surface area contributed by atoms with E-state index < -0.39 is 30.1 Å². The third-order valence-electron chi connectivity index (χ3n) is 3.92. The van der Waals surface area contributed by atoms with E-state index >= 15 is 0 Å². The fourth-order valence-electron chi connectivity index (χ4n) is 2.80. The molecule has 25 heavy (non-hydrogen) atoms. The number of carbonyl (C=O) groups is 3. The van der Waals surface area contributed by atoms with Crippen molar-refractivity contribution in [2.75, 3.05) is 13.2 Å². The highest BCUT2D eigenvalue weighted by Gasteiger charge is 2.46. The number of carbonyl (C=O) groups excluding carboxylic acids is 3. The van der Waals surface area contributed by atoms with Crippen LogP contribution in [0.1, 0.15) is 32.3 Å². The largest absolute Gasteiger partial charge is 0.464 e. The summed E-state index contributed by atoms with van der Waals surface area (Å²) >= 11 is 0. The highest BCUT2D eigenvalue weighted by Crippen LogP contribution is 2.27. The van der Waals surface area contributed by atoms with Crippen molar-refractivity contribution in [3.63, 3.8) is 0 Å². The number of ether oxygens (including phenoxy) is 3. The van der Waals surface area contributed by atoms with Crippen molar-refractivity contribution in [2.24, 2.45) is 0 Å². The Morgan fingerprint density at radius 3 is 1.92 bits per heavy atom. The average Bonchev–Trinajstić information content (AvgIpc) is 3.06. The van der Waals surface area contributed by atoms with E-state index in [2.05, 4.69) is 0 Å². The Balaban J connectivity index is 2.11. The number of hydrogen-bond acceptors (Lipinski definition) is 6. The zero-order valence-corrected chi connectivity index (χ0v) is 14.5. The molecule has 2 rings (SSSR count). The van der Waals surface area contributed by atoms with Crippen LogP contribution in [0.4, 0.5) is 4.79 Å². The molecule has 1 fully saturated rings. The highest BCUT2D eigenvalue weighted by atomic mass is 16.6. The van der Waals surface area contributed by atoms with Gasteiger partial charge >= 0.3 is 18.0 Å². The number of benzene rings is 1. The summed E-state index contributed by atoms with van der Waals surface area (Å²) in [5.41, 5.74) is 0.815. The van der Waals surface area contributed by atoms with Crippen molar-refractivity contribution in [3.05, 3.63) is 35.9 Å². The maximum atomic E-state index is 12.5. The first-order valence-corrected chi connectivity index (χ1v) is 8.40. The van der Waals surface area contributed by atoms with Crippen LogP contribution in [0.25, 0.3) is 0 Å². The first kappa shape index (κ1) is 18.8. The minimum atomic E-state index is -0.836. The Hall–Kier alpha value is -2.57. The summed E-state index contributed by atoms with van der Waals surface area (Å²) in [4.78, 5) is 38.0. The van der Waals surface area contributed by atoms with Crippen molar-refractivity contribution < 1.29 is 28.6 Å². The molecule has 136 valence electrons. The fraction of sp³-hybridized carbons (Fsp3) is 0.500. The van der Waals surface area contributed by atoms with Crippen LogP contribution in [0, 0.1) is 0 Å². The molecule has 1 amide bonds. The predicted molar refractivity (Wildman–Crippen MR) is 88.5 cm³/mol. The molecule has 1 saturated heterocycles. The van der Waals surface area contributed by atoms with Gasteiger partial charge < -0.3 is 14.2 Å². The molecular weight excluding hydrogens is 326 g/mol. The zero-order chi connectivity index (χ0) is 18.2. The fourth-order valence-corrected chi connectivity index (χ4v) is 2.80. The van der Waals surface area contributed by atoms with Gasteiger partial charge in [0.2, 0.25) is 0 Å². The van der Waals surface area contributed by atoms with E-state index in [1.165, 1.54) is 0 Å². The number of nitrogens with zero attached hydrogens (tertiary/aromatic N) is 1. The average molecular weight is 349 g/mol. The molecule has 0 saturated carbocycles. The number of rotatable bonds is 6. The lowest BCUT2D eigenvalue weighted by atomic mass is 10.2. The molecule has 7 nitrogen and oxygen atoms in total. The van der Waals surface area contributed by atoms with Crippen molar-refractivity contribution >= 4 is 18.0 Å². The Kier molecular flexibility index (Phi) is 6.80. The van der Waals surface area contributed by atoms with Crippen molar-refractivity contribution in [1.29, 1.82) is 0 Å². The first-order valence-electron chi connectivity index (χ1n) is 8.40.